The first-order valence-corrected chi connectivity index (χ1v) is 4.39. The molecule has 1 aliphatic rings. The Bertz CT molecular complexity index is 268. The molecule has 1 unspecified atom stereocenters. The summed E-state index contributed by atoms with van der Waals surface area (Å²) in [5.41, 5.74) is -0.924. The minimum atomic E-state index is -4.46. The van der Waals surface area contributed by atoms with Crippen LogP contribution in [0.4, 0.5) is 13.2 Å². The van der Waals surface area contributed by atoms with E-state index in [0.29, 0.717) is 0 Å². The Hall–Kier alpha value is -1.00. The fourth-order valence-electron chi connectivity index (χ4n) is 1.32. The summed E-state index contributed by atoms with van der Waals surface area (Å²) in [6, 6.07) is 0. The first kappa shape index (κ1) is 11.1. The zero-order chi connectivity index (χ0) is 10.9. The molecule has 0 radical (unpaired) electrons. The lowest BCUT2D eigenvalue weighted by atomic mass is 9.89. The molecule has 2 nitrogen and oxygen atoms in total. The van der Waals surface area contributed by atoms with Crippen molar-refractivity contribution in [3.63, 3.8) is 0 Å². The molecule has 1 rings (SSSR count). The van der Waals surface area contributed by atoms with E-state index in [1.165, 1.54) is 0 Å². The molecule has 0 aromatic carbocycles. The van der Waals surface area contributed by atoms with E-state index >= 15 is 0 Å². The molecule has 0 aliphatic carbocycles. The highest BCUT2D eigenvalue weighted by molar-refractivity contribution is 5.79. The fraction of sp³-hybridized carbons (Fsp3) is 0.667. The van der Waals surface area contributed by atoms with E-state index in [9.17, 15) is 18.0 Å². The summed E-state index contributed by atoms with van der Waals surface area (Å²) < 4.78 is 36.8. The molecule has 1 N–H and O–H groups in total. The first-order chi connectivity index (χ1) is 6.30. The summed E-state index contributed by atoms with van der Waals surface area (Å²) in [7, 11) is 0. The van der Waals surface area contributed by atoms with Gasteiger partial charge >= 0.3 is 6.18 Å². The zero-order valence-electron chi connectivity index (χ0n) is 7.98. The van der Waals surface area contributed by atoms with Gasteiger partial charge in [-0.2, -0.15) is 13.2 Å². The van der Waals surface area contributed by atoms with E-state index in [-0.39, 0.29) is 18.3 Å². The normalized spacial score (nSPS) is 23.4. The number of rotatable bonds is 1. The number of nitrogens with one attached hydrogen (secondary N) is 1. The van der Waals surface area contributed by atoms with Crippen molar-refractivity contribution in [1.29, 1.82) is 0 Å². The second-order valence-electron chi connectivity index (χ2n) is 3.74. The van der Waals surface area contributed by atoms with Crippen LogP contribution in [-0.4, -0.2) is 12.1 Å². The third-order valence-electron chi connectivity index (χ3n) is 2.24. The lowest BCUT2D eigenvalue weighted by molar-refractivity contribution is -0.129. The lowest BCUT2D eigenvalue weighted by Gasteiger charge is -2.25. The van der Waals surface area contributed by atoms with Gasteiger partial charge in [0.2, 0.25) is 5.91 Å². The highest BCUT2D eigenvalue weighted by atomic mass is 19.4. The highest BCUT2D eigenvalue weighted by Crippen LogP contribution is 2.30. The van der Waals surface area contributed by atoms with Gasteiger partial charge in [0, 0.05) is 6.42 Å². The number of carbonyl (C=O) groups excluding carboxylic acids is 1. The summed E-state index contributed by atoms with van der Waals surface area (Å²) in [6.45, 7) is 3.60. The zero-order valence-corrected chi connectivity index (χ0v) is 7.98. The minimum absolute atomic E-state index is 0.0402. The maximum Gasteiger partial charge on any atom is 0.431 e. The van der Waals surface area contributed by atoms with Crippen molar-refractivity contribution >= 4 is 5.91 Å². The fourth-order valence-corrected chi connectivity index (χ4v) is 1.32. The molecule has 1 aliphatic heterocycles. The number of halogens is 3. The molecule has 5 heteroatoms. The van der Waals surface area contributed by atoms with Crippen LogP contribution in [0.15, 0.2) is 11.8 Å². The van der Waals surface area contributed by atoms with Crippen molar-refractivity contribution < 1.29 is 18.0 Å². The third kappa shape index (κ3) is 2.49. The summed E-state index contributed by atoms with van der Waals surface area (Å²) >= 11 is 0. The average molecular weight is 207 g/mol. The summed E-state index contributed by atoms with van der Waals surface area (Å²) in [5, 5.41) is 1.84. The van der Waals surface area contributed by atoms with Crippen LogP contribution >= 0.6 is 0 Å². The largest absolute Gasteiger partial charge is 0.431 e. The Morgan fingerprint density at radius 3 is 2.50 bits per heavy atom. The maximum absolute atomic E-state index is 12.3. The van der Waals surface area contributed by atoms with Gasteiger partial charge in [-0.3, -0.25) is 4.79 Å². The molecule has 0 saturated heterocycles. The Balaban J connectivity index is 2.90. The lowest BCUT2D eigenvalue weighted by Crippen LogP contribution is -2.37. The van der Waals surface area contributed by atoms with Crippen LogP contribution in [0.5, 0.6) is 0 Å². The van der Waals surface area contributed by atoms with E-state index in [2.05, 4.69) is 0 Å². The minimum Gasteiger partial charge on any atom is -0.322 e. The molecule has 0 aromatic heterocycles. The monoisotopic (exact) mass is 207 g/mol. The van der Waals surface area contributed by atoms with Crippen LogP contribution in [0.25, 0.3) is 0 Å². The maximum atomic E-state index is 12.3. The summed E-state index contributed by atoms with van der Waals surface area (Å²) in [5.74, 6) is -0.836. The quantitative estimate of drug-likeness (QED) is 0.701. The second kappa shape index (κ2) is 3.63. The van der Waals surface area contributed by atoms with Gasteiger partial charge in [0.15, 0.2) is 0 Å². The number of amides is 1. The van der Waals surface area contributed by atoms with Crippen molar-refractivity contribution in [2.45, 2.75) is 26.4 Å². The van der Waals surface area contributed by atoms with Crippen LogP contribution in [0.2, 0.25) is 0 Å². The molecule has 0 fully saturated rings. The number of hydrogen-bond donors (Lipinski definition) is 1. The van der Waals surface area contributed by atoms with Crippen LogP contribution in [-0.2, 0) is 4.79 Å². The smallest absolute Gasteiger partial charge is 0.322 e. The molecule has 0 bridgehead atoms. The van der Waals surface area contributed by atoms with Gasteiger partial charge in [0.25, 0.3) is 0 Å². The molecule has 14 heavy (non-hydrogen) atoms. The molecule has 0 saturated carbocycles. The van der Waals surface area contributed by atoms with E-state index in [1.54, 1.807) is 13.8 Å². The summed E-state index contributed by atoms with van der Waals surface area (Å²) in [6.07, 6.45) is -3.22. The van der Waals surface area contributed by atoms with E-state index < -0.39 is 17.8 Å². The van der Waals surface area contributed by atoms with Gasteiger partial charge in [0.1, 0.15) is 5.70 Å². The molecule has 1 atom stereocenters. The molecule has 0 aromatic rings. The predicted molar refractivity (Wildman–Crippen MR) is 45.2 cm³/mol. The van der Waals surface area contributed by atoms with Gasteiger partial charge < -0.3 is 5.32 Å². The van der Waals surface area contributed by atoms with Crippen molar-refractivity contribution in [3.8, 4) is 0 Å². The predicted octanol–water partition coefficient (Wildman–Crippen LogP) is 2.22. The van der Waals surface area contributed by atoms with Crippen LogP contribution in [0.3, 0.4) is 0 Å². The average Bonchev–Trinajstić information content (AvgIpc) is 2.01. The second-order valence-corrected chi connectivity index (χ2v) is 3.74. The first-order valence-electron chi connectivity index (χ1n) is 4.39. The number of alkyl halides is 3. The van der Waals surface area contributed by atoms with E-state index in [1.807, 2.05) is 5.32 Å². The Kier molecular flexibility index (Phi) is 2.87. The van der Waals surface area contributed by atoms with Gasteiger partial charge in [0.05, 0.1) is 0 Å². The van der Waals surface area contributed by atoms with Crippen molar-refractivity contribution in [2.75, 3.05) is 0 Å². The third-order valence-corrected chi connectivity index (χ3v) is 2.24. The molecule has 1 amide bonds. The molecular formula is C9H12F3NO. The van der Waals surface area contributed by atoms with E-state index in [4.69, 9.17) is 0 Å². The molecule has 0 spiro atoms. The van der Waals surface area contributed by atoms with Gasteiger partial charge in [-0.25, -0.2) is 0 Å². The molecule has 80 valence electrons. The topological polar surface area (TPSA) is 29.1 Å². The van der Waals surface area contributed by atoms with Gasteiger partial charge in [-0.15, -0.1) is 0 Å². The van der Waals surface area contributed by atoms with Crippen molar-refractivity contribution in [2.24, 2.45) is 11.8 Å². The molecule has 1 heterocycles. The number of hydrogen-bond acceptors (Lipinski definition) is 1. The standard InChI is InChI=1S/C9H12F3NO/c1-5(2)6-3-7(9(10,11)12)13-8(14)4-6/h3,5-6H,4H2,1-2H3,(H,13,14). The Morgan fingerprint density at radius 2 is 2.07 bits per heavy atom. The van der Waals surface area contributed by atoms with Gasteiger partial charge in [-0.1, -0.05) is 19.9 Å². The van der Waals surface area contributed by atoms with Crippen LogP contribution in [0.1, 0.15) is 20.3 Å². The SMILES string of the molecule is CC(C)C1C=C(C(F)(F)F)NC(=O)C1. The molecular weight excluding hydrogens is 195 g/mol. The number of allylic oxidation sites excluding steroid dienone is 2. The highest BCUT2D eigenvalue weighted by Gasteiger charge is 2.38. The van der Waals surface area contributed by atoms with Crippen LogP contribution in [0, 0.1) is 11.8 Å². The van der Waals surface area contributed by atoms with Crippen molar-refractivity contribution in [3.05, 3.63) is 11.8 Å². The Labute approximate surface area is 80.2 Å². The van der Waals surface area contributed by atoms with Crippen molar-refractivity contribution in [1.82, 2.24) is 5.32 Å². The Morgan fingerprint density at radius 1 is 1.50 bits per heavy atom. The van der Waals surface area contributed by atoms with Gasteiger partial charge in [-0.05, 0) is 11.8 Å². The van der Waals surface area contributed by atoms with E-state index in [0.717, 1.165) is 6.08 Å². The summed E-state index contributed by atoms with van der Waals surface area (Å²) in [4.78, 5) is 11.0. The number of carbonyl (C=O) groups is 1. The van der Waals surface area contributed by atoms with Crippen LogP contribution < -0.4 is 5.32 Å².